The van der Waals surface area contributed by atoms with E-state index in [-0.39, 0.29) is 29.4 Å². The Bertz CT molecular complexity index is 939. The van der Waals surface area contributed by atoms with E-state index in [1.807, 2.05) is 24.3 Å². The SMILES string of the molecule is C[C@@H](C(=O)OCC(=O)c1c[nH]c2ccccc12)N1C(=O)[C@H]2CCCC[C@H]2C1=O. The van der Waals surface area contributed by atoms with E-state index < -0.39 is 18.6 Å². The predicted octanol–water partition coefficient (Wildman–Crippen LogP) is 2.46. The topological polar surface area (TPSA) is 96.5 Å². The minimum absolute atomic E-state index is 0.290. The molecule has 1 N–H and O–H groups in total. The van der Waals surface area contributed by atoms with E-state index in [9.17, 15) is 19.2 Å². The molecule has 7 nitrogen and oxygen atoms in total. The fraction of sp³-hybridized carbons (Fsp3) is 0.429. The third-order valence-electron chi connectivity index (χ3n) is 5.84. The quantitative estimate of drug-likeness (QED) is 0.487. The van der Waals surface area contributed by atoms with Crippen LogP contribution in [-0.2, 0) is 19.1 Å². The highest BCUT2D eigenvalue weighted by Gasteiger charge is 2.51. The van der Waals surface area contributed by atoms with Gasteiger partial charge in [-0.2, -0.15) is 0 Å². The summed E-state index contributed by atoms with van der Waals surface area (Å²) in [5.74, 6) is -2.29. The van der Waals surface area contributed by atoms with Crippen LogP contribution in [0.5, 0.6) is 0 Å². The maximum Gasteiger partial charge on any atom is 0.329 e. The summed E-state index contributed by atoms with van der Waals surface area (Å²) in [6.07, 6.45) is 4.81. The second-order valence-electron chi connectivity index (χ2n) is 7.50. The number of likely N-dealkylation sites (tertiary alicyclic amines) is 1. The normalized spacial score (nSPS) is 23.0. The number of nitrogens with zero attached hydrogens (tertiary/aromatic N) is 1. The van der Waals surface area contributed by atoms with E-state index in [0.717, 1.165) is 28.6 Å². The molecule has 1 aliphatic heterocycles. The van der Waals surface area contributed by atoms with Gasteiger partial charge in [-0.05, 0) is 25.8 Å². The highest BCUT2D eigenvalue weighted by Crippen LogP contribution is 2.38. The number of hydrogen-bond acceptors (Lipinski definition) is 5. The standard InChI is InChI=1S/C21H22N2O5/c1-12(23-19(25)14-7-2-3-8-15(14)20(23)26)21(27)28-11-18(24)16-10-22-17-9-5-4-6-13(16)17/h4-6,9-10,12,14-15,22H,2-3,7-8,11H2,1H3/t12-,14-,15+/m0/s1. The second kappa shape index (κ2) is 7.22. The number of aromatic nitrogens is 1. The van der Waals surface area contributed by atoms with Gasteiger partial charge in [0.15, 0.2) is 6.61 Å². The van der Waals surface area contributed by atoms with Gasteiger partial charge in [-0.25, -0.2) is 4.79 Å². The maximum absolute atomic E-state index is 12.6. The Kier molecular flexibility index (Phi) is 4.75. The number of rotatable bonds is 5. The van der Waals surface area contributed by atoms with Gasteiger partial charge in [0.25, 0.3) is 0 Å². The number of imide groups is 1. The number of nitrogens with one attached hydrogen (secondary N) is 1. The molecule has 0 unspecified atom stereocenters. The summed E-state index contributed by atoms with van der Waals surface area (Å²) >= 11 is 0. The first-order chi connectivity index (χ1) is 13.5. The van der Waals surface area contributed by atoms with Crippen LogP contribution in [0.1, 0.15) is 43.0 Å². The first-order valence-electron chi connectivity index (χ1n) is 9.62. The molecule has 1 aliphatic carbocycles. The molecule has 3 atom stereocenters. The summed E-state index contributed by atoms with van der Waals surface area (Å²) in [6.45, 7) is 1.04. The molecule has 1 saturated heterocycles. The van der Waals surface area contributed by atoms with Crippen molar-refractivity contribution in [1.29, 1.82) is 0 Å². The number of carbonyl (C=O) groups excluding carboxylic acids is 4. The summed E-state index contributed by atoms with van der Waals surface area (Å²) < 4.78 is 5.15. The molecule has 0 radical (unpaired) electrons. The molecule has 1 aromatic carbocycles. The third-order valence-corrected chi connectivity index (χ3v) is 5.84. The average Bonchev–Trinajstić information content (AvgIpc) is 3.25. The summed E-state index contributed by atoms with van der Waals surface area (Å²) in [5, 5.41) is 0.755. The van der Waals surface area contributed by atoms with E-state index in [1.165, 1.54) is 6.92 Å². The Morgan fingerprint density at radius 1 is 1.14 bits per heavy atom. The lowest BCUT2D eigenvalue weighted by atomic mass is 9.81. The van der Waals surface area contributed by atoms with Crippen molar-refractivity contribution in [3.05, 3.63) is 36.0 Å². The molecule has 7 heteroatoms. The number of H-pyrrole nitrogens is 1. The highest BCUT2D eigenvalue weighted by atomic mass is 16.5. The zero-order chi connectivity index (χ0) is 19.8. The number of amides is 2. The smallest absolute Gasteiger partial charge is 0.329 e. The highest BCUT2D eigenvalue weighted by molar-refractivity contribution is 6.10. The summed E-state index contributed by atoms with van der Waals surface area (Å²) in [7, 11) is 0. The first-order valence-corrected chi connectivity index (χ1v) is 9.62. The van der Waals surface area contributed by atoms with Crippen LogP contribution in [0.15, 0.2) is 30.5 Å². The van der Waals surface area contributed by atoms with Crippen LogP contribution >= 0.6 is 0 Å². The lowest BCUT2D eigenvalue weighted by Gasteiger charge is -2.21. The Hall–Kier alpha value is -2.96. The van der Waals surface area contributed by atoms with Gasteiger partial charge in [-0.3, -0.25) is 19.3 Å². The average molecular weight is 382 g/mol. The number of esters is 1. The Labute approximate surface area is 162 Å². The van der Waals surface area contributed by atoms with Crippen molar-refractivity contribution in [2.75, 3.05) is 6.61 Å². The van der Waals surface area contributed by atoms with Gasteiger partial charge < -0.3 is 9.72 Å². The molecule has 2 aliphatic rings. The number of benzene rings is 1. The van der Waals surface area contributed by atoms with Crippen molar-refractivity contribution in [3.63, 3.8) is 0 Å². The van der Waals surface area contributed by atoms with Gasteiger partial charge in [0.05, 0.1) is 11.8 Å². The molecule has 4 rings (SSSR count). The monoisotopic (exact) mass is 382 g/mol. The first kappa shape index (κ1) is 18.4. The molecule has 0 spiro atoms. The number of carbonyl (C=O) groups is 4. The summed E-state index contributed by atoms with van der Waals surface area (Å²) in [6, 6.07) is 6.32. The molecule has 2 aromatic rings. The van der Waals surface area contributed by atoms with Gasteiger partial charge in [0.2, 0.25) is 17.6 Å². The number of ether oxygens (including phenoxy) is 1. The van der Waals surface area contributed by atoms with Crippen LogP contribution in [0.25, 0.3) is 10.9 Å². The molecule has 0 bridgehead atoms. The lowest BCUT2D eigenvalue weighted by molar-refractivity contribution is -0.157. The summed E-state index contributed by atoms with van der Waals surface area (Å²) in [5.41, 5.74) is 1.26. The van der Waals surface area contributed by atoms with Crippen molar-refractivity contribution in [2.45, 2.75) is 38.6 Å². The van der Waals surface area contributed by atoms with Gasteiger partial charge >= 0.3 is 5.97 Å². The van der Waals surface area contributed by atoms with E-state index in [0.29, 0.717) is 18.4 Å². The maximum atomic E-state index is 12.6. The third kappa shape index (κ3) is 3.00. The molecule has 2 amide bonds. The van der Waals surface area contributed by atoms with Crippen molar-refractivity contribution >= 4 is 34.5 Å². The van der Waals surface area contributed by atoms with Crippen molar-refractivity contribution in [3.8, 4) is 0 Å². The number of para-hydroxylation sites is 1. The molecule has 1 aromatic heterocycles. The Morgan fingerprint density at radius 3 is 2.46 bits per heavy atom. The van der Waals surface area contributed by atoms with Crippen LogP contribution in [0.2, 0.25) is 0 Å². The largest absolute Gasteiger partial charge is 0.456 e. The molecule has 1 saturated carbocycles. The molecule has 28 heavy (non-hydrogen) atoms. The predicted molar refractivity (Wildman–Crippen MR) is 100 cm³/mol. The van der Waals surface area contributed by atoms with Gasteiger partial charge in [-0.1, -0.05) is 31.0 Å². The van der Waals surface area contributed by atoms with Crippen LogP contribution < -0.4 is 0 Å². The molecule has 146 valence electrons. The van der Waals surface area contributed by atoms with Gasteiger partial charge in [0, 0.05) is 22.7 Å². The van der Waals surface area contributed by atoms with Crippen LogP contribution in [0.4, 0.5) is 0 Å². The van der Waals surface area contributed by atoms with Crippen molar-refractivity contribution in [2.24, 2.45) is 11.8 Å². The number of aromatic amines is 1. The summed E-state index contributed by atoms with van der Waals surface area (Å²) in [4.78, 5) is 54.1. The fourth-order valence-corrected chi connectivity index (χ4v) is 4.31. The molecular weight excluding hydrogens is 360 g/mol. The Morgan fingerprint density at radius 2 is 1.79 bits per heavy atom. The zero-order valence-corrected chi connectivity index (χ0v) is 15.6. The molecular formula is C21H22N2O5. The van der Waals surface area contributed by atoms with Crippen molar-refractivity contribution in [1.82, 2.24) is 9.88 Å². The molecule has 2 fully saturated rings. The fourth-order valence-electron chi connectivity index (χ4n) is 4.31. The van der Waals surface area contributed by atoms with E-state index in [1.54, 1.807) is 6.20 Å². The van der Waals surface area contributed by atoms with Crippen LogP contribution in [-0.4, -0.2) is 46.1 Å². The van der Waals surface area contributed by atoms with E-state index in [2.05, 4.69) is 4.98 Å². The number of fused-ring (bicyclic) bond motifs is 2. The van der Waals surface area contributed by atoms with E-state index in [4.69, 9.17) is 4.74 Å². The zero-order valence-electron chi connectivity index (χ0n) is 15.6. The Balaban J connectivity index is 1.41. The van der Waals surface area contributed by atoms with Gasteiger partial charge in [-0.15, -0.1) is 0 Å². The number of Topliss-reactive ketones (excluding diaryl/α,β-unsaturated/α-hetero) is 1. The van der Waals surface area contributed by atoms with Crippen molar-refractivity contribution < 1.29 is 23.9 Å². The second-order valence-corrected chi connectivity index (χ2v) is 7.50. The minimum atomic E-state index is -1.03. The number of hydrogen-bond donors (Lipinski definition) is 1. The number of ketones is 1. The van der Waals surface area contributed by atoms with E-state index >= 15 is 0 Å². The van der Waals surface area contributed by atoms with Crippen LogP contribution in [0, 0.1) is 11.8 Å². The molecule has 2 heterocycles. The van der Waals surface area contributed by atoms with Gasteiger partial charge in [0.1, 0.15) is 6.04 Å². The lowest BCUT2D eigenvalue weighted by Crippen LogP contribution is -2.44. The van der Waals surface area contributed by atoms with Crippen LogP contribution in [0.3, 0.4) is 0 Å². The minimum Gasteiger partial charge on any atom is -0.456 e.